The highest BCUT2D eigenvalue weighted by Gasteiger charge is 2.15. The number of hydrogen-bond donors (Lipinski definition) is 0. The number of rotatable bonds is 4. The number of esters is 3. The second-order valence-corrected chi connectivity index (χ2v) is 4.35. The molecule has 0 bridgehead atoms. The molecule has 0 amide bonds. The number of carbonyl (C=O) groups excluding carboxylic acids is 3. The number of carbonyl (C=O) groups is 3. The molecule has 0 N–H and O–H groups in total. The zero-order valence-corrected chi connectivity index (χ0v) is 12.1. The fourth-order valence-electron chi connectivity index (χ4n) is 1.32. The molecule has 0 radical (unpaired) electrons. The van der Waals surface area contributed by atoms with Crippen LogP contribution in [-0.4, -0.2) is 31.1 Å². The standard InChI is InChI=1S/C15H16O6/c1-10(8-19-11(2)16)4-5-13(9-20-12(3)17)14-6-7-15(18)21-14/h6-7,10H,8-9H2,1-3H3/b14-13+. The summed E-state index contributed by atoms with van der Waals surface area (Å²) >= 11 is 0. The monoisotopic (exact) mass is 292 g/mol. The van der Waals surface area contributed by atoms with Gasteiger partial charge in [0.25, 0.3) is 0 Å². The lowest BCUT2D eigenvalue weighted by molar-refractivity contribution is -0.142. The molecular formula is C15H16O6. The third-order valence-electron chi connectivity index (χ3n) is 2.30. The second kappa shape index (κ2) is 7.90. The lowest BCUT2D eigenvalue weighted by Crippen LogP contribution is -2.08. The van der Waals surface area contributed by atoms with E-state index < -0.39 is 11.9 Å². The Morgan fingerprint density at radius 3 is 2.43 bits per heavy atom. The molecule has 0 aromatic rings. The molecule has 0 aliphatic carbocycles. The quantitative estimate of drug-likeness (QED) is 0.439. The van der Waals surface area contributed by atoms with E-state index in [0.29, 0.717) is 5.57 Å². The summed E-state index contributed by atoms with van der Waals surface area (Å²) in [7, 11) is 0. The first-order valence-electron chi connectivity index (χ1n) is 6.29. The van der Waals surface area contributed by atoms with Crippen LogP contribution < -0.4 is 0 Å². The molecule has 0 aromatic heterocycles. The molecule has 6 nitrogen and oxygen atoms in total. The first kappa shape index (κ1) is 16.5. The minimum absolute atomic E-state index is 0.0877. The summed E-state index contributed by atoms with van der Waals surface area (Å²) in [6, 6.07) is 0. The van der Waals surface area contributed by atoms with Crippen LogP contribution in [0.25, 0.3) is 0 Å². The summed E-state index contributed by atoms with van der Waals surface area (Å²) in [5, 5.41) is 0. The van der Waals surface area contributed by atoms with Gasteiger partial charge in [0.05, 0.1) is 11.5 Å². The maximum absolute atomic E-state index is 11.1. The van der Waals surface area contributed by atoms with Gasteiger partial charge in [-0.25, -0.2) is 4.79 Å². The summed E-state index contributed by atoms with van der Waals surface area (Å²) in [6.45, 7) is 4.44. The van der Waals surface area contributed by atoms with Crippen molar-refractivity contribution in [3.63, 3.8) is 0 Å². The molecule has 1 aliphatic heterocycles. The summed E-state index contributed by atoms with van der Waals surface area (Å²) < 4.78 is 14.6. The van der Waals surface area contributed by atoms with Crippen LogP contribution in [-0.2, 0) is 28.6 Å². The van der Waals surface area contributed by atoms with Gasteiger partial charge in [-0.2, -0.15) is 0 Å². The van der Waals surface area contributed by atoms with Crippen LogP contribution >= 0.6 is 0 Å². The maximum atomic E-state index is 11.1. The Morgan fingerprint density at radius 2 is 1.90 bits per heavy atom. The third-order valence-corrected chi connectivity index (χ3v) is 2.30. The molecule has 1 unspecified atom stereocenters. The van der Waals surface area contributed by atoms with Crippen molar-refractivity contribution in [3.8, 4) is 11.8 Å². The van der Waals surface area contributed by atoms with Gasteiger partial charge in [0.1, 0.15) is 19.0 Å². The molecule has 1 heterocycles. The van der Waals surface area contributed by atoms with Gasteiger partial charge < -0.3 is 14.2 Å². The summed E-state index contributed by atoms with van der Waals surface area (Å²) in [4.78, 5) is 32.6. The number of ether oxygens (including phenoxy) is 3. The van der Waals surface area contributed by atoms with Crippen LogP contribution in [0, 0.1) is 17.8 Å². The molecule has 1 atom stereocenters. The van der Waals surface area contributed by atoms with Gasteiger partial charge in [0.2, 0.25) is 0 Å². The SMILES string of the molecule is CC(=O)OC/C(C#CC(C)COC(C)=O)=C1\C=CC(=O)O1. The molecule has 112 valence electrons. The topological polar surface area (TPSA) is 78.9 Å². The van der Waals surface area contributed by atoms with E-state index in [2.05, 4.69) is 11.8 Å². The molecule has 21 heavy (non-hydrogen) atoms. The molecule has 0 fully saturated rings. The van der Waals surface area contributed by atoms with Crippen LogP contribution in [0.4, 0.5) is 0 Å². The second-order valence-electron chi connectivity index (χ2n) is 4.35. The predicted octanol–water partition coefficient (Wildman–Crippen LogP) is 1.12. The summed E-state index contributed by atoms with van der Waals surface area (Å²) in [5.41, 5.74) is 0.377. The Morgan fingerprint density at radius 1 is 1.24 bits per heavy atom. The van der Waals surface area contributed by atoms with Crippen LogP contribution in [0.2, 0.25) is 0 Å². The lowest BCUT2D eigenvalue weighted by atomic mass is 10.1. The van der Waals surface area contributed by atoms with Crippen molar-refractivity contribution in [3.05, 3.63) is 23.5 Å². The Hall–Kier alpha value is -2.55. The average molecular weight is 292 g/mol. The lowest BCUT2D eigenvalue weighted by Gasteiger charge is -2.06. The van der Waals surface area contributed by atoms with Crippen molar-refractivity contribution < 1.29 is 28.6 Å². The third kappa shape index (κ3) is 6.43. The van der Waals surface area contributed by atoms with E-state index in [1.807, 2.05) is 0 Å². The molecule has 1 rings (SSSR count). The van der Waals surface area contributed by atoms with Crippen LogP contribution in [0.3, 0.4) is 0 Å². The Balaban J connectivity index is 2.79. The largest absolute Gasteiger partial charge is 0.465 e. The minimum Gasteiger partial charge on any atom is -0.465 e. The highest BCUT2D eigenvalue weighted by Crippen LogP contribution is 2.15. The van der Waals surface area contributed by atoms with Gasteiger partial charge in [0, 0.05) is 19.9 Å². The van der Waals surface area contributed by atoms with E-state index in [0.717, 1.165) is 0 Å². The number of allylic oxidation sites excluding steroid dienone is 1. The van der Waals surface area contributed by atoms with Gasteiger partial charge in [-0.05, 0) is 13.0 Å². The van der Waals surface area contributed by atoms with Gasteiger partial charge >= 0.3 is 17.9 Å². The van der Waals surface area contributed by atoms with Crippen molar-refractivity contribution >= 4 is 17.9 Å². The molecule has 0 aromatic carbocycles. The minimum atomic E-state index is -0.500. The van der Waals surface area contributed by atoms with E-state index in [-0.39, 0.29) is 30.9 Å². The van der Waals surface area contributed by atoms with Crippen LogP contribution in [0.5, 0.6) is 0 Å². The molecule has 1 aliphatic rings. The normalized spacial score (nSPS) is 16.4. The first-order chi connectivity index (χ1) is 9.88. The van der Waals surface area contributed by atoms with E-state index in [1.54, 1.807) is 6.92 Å². The zero-order chi connectivity index (χ0) is 15.8. The van der Waals surface area contributed by atoms with Crippen LogP contribution in [0.1, 0.15) is 20.8 Å². The van der Waals surface area contributed by atoms with Gasteiger partial charge in [-0.1, -0.05) is 11.8 Å². The Kier molecular flexibility index (Phi) is 6.21. The van der Waals surface area contributed by atoms with Gasteiger partial charge in [-0.3, -0.25) is 9.59 Å². The molecular weight excluding hydrogens is 276 g/mol. The van der Waals surface area contributed by atoms with Crippen molar-refractivity contribution in [2.75, 3.05) is 13.2 Å². The fraction of sp³-hybridized carbons (Fsp3) is 0.400. The molecule has 0 saturated carbocycles. The average Bonchev–Trinajstić information content (AvgIpc) is 2.82. The number of cyclic esters (lactones) is 1. The Labute approximate surface area is 122 Å². The van der Waals surface area contributed by atoms with Crippen LogP contribution in [0.15, 0.2) is 23.5 Å². The Bertz CT molecular complexity index is 558. The predicted molar refractivity (Wildman–Crippen MR) is 72.5 cm³/mol. The summed E-state index contributed by atoms with van der Waals surface area (Å²) in [6.07, 6.45) is 2.72. The van der Waals surface area contributed by atoms with Gasteiger partial charge in [0.15, 0.2) is 0 Å². The summed E-state index contributed by atoms with van der Waals surface area (Å²) in [5.74, 6) is 4.36. The van der Waals surface area contributed by atoms with E-state index in [1.165, 1.54) is 26.0 Å². The molecule has 0 saturated heterocycles. The smallest absolute Gasteiger partial charge is 0.336 e. The van der Waals surface area contributed by atoms with E-state index in [4.69, 9.17) is 14.2 Å². The molecule has 6 heteroatoms. The number of hydrogen-bond acceptors (Lipinski definition) is 6. The van der Waals surface area contributed by atoms with Crippen molar-refractivity contribution in [2.45, 2.75) is 20.8 Å². The zero-order valence-electron chi connectivity index (χ0n) is 12.1. The van der Waals surface area contributed by atoms with Crippen molar-refractivity contribution in [1.29, 1.82) is 0 Å². The highest BCUT2D eigenvalue weighted by molar-refractivity contribution is 5.87. The highest BCUT2D eigenvalue weighted by atomic mass is 16.5. The van der Waals surface area contributed by atoms with E-state index in [9.17, 15) is 14.4 Å². The maximum Gasteiger partial charge on any atom is 0.336 e. The fourth-order valence-corrected chi connectivity index (χ4v) is 1.32. The molecule has 0 spiro atoms. The van der Waals surface area contributed by atoms with Crippen molar-refractivity contribution in [1.82, 2.24) is 0 Å². The first-order valence-corrected chi connectivity index (χ1v) is 6.29. The van der Waals surface area contributed by atoms with Gasteiger partial charge in [-0.15, -0.1) is 0 Å². The van der Waals surface area contributed by atoms with E-state index >= 15 is 0 Å². The van der Waals surface area contributed by atoms with Crippen molar-refractivity contribution in [2.24, 2.45) is 5.92 Å².